The van der Waals surface area contributed by atoms with Crippen LogP contribution in [0.25, 0.3) is 65.4 Å². The van der Waals surface area contributed by atoms with Gasteiger partial charge < -0.3 is 18.6 Å². The molecule has 11 rings (SSSR count). The van der Waals surface area contributed by atoms with E-state index in [-0.39, 0.29) is 23.3 Å². The molecule has 8 heteroatoms. The predicted octanol–water partition coefficient (Wildman–Crippen LogP) is 15.3. The first-order valence-corrected chi connectivity index (χ1v) is 18.7. The molecule has 0 unspecified atom stereocenters. The van der Waals surface area contributed by atoms with Crippen molar-refractivity contribution in [2.24, 2.45) is 0 Å². The number of anilines is 6. The van der Waals surface area contributed by atoms with Crippen molar-refractivity contribution in [3.05, 3.63) is 193 Å². The molecule has 0 aliphatic heterocycles. The highest BCUT2D eigenvalue weighted by atomic mass is 19.1. The zero-order chi connectivity index (χ0) is 39.1. The summed E-state index contributed by atoms with van der Waals surface area (Å²) < 4.78 is 70.0. The molecule has 278 valence electrons. The Bertz CT molecular complexity index is 3060. The van der Waals surface area contributed by atoms with E-state index < -0.39 is 0 Å². The minimum atomic E-state index is -0.362. The zero-order valence-electron chi connectivity index (χ0n) is 30.4. The summed E-state index contributed by atoms with van der Waals surface area (Å²) in [7, 11) is 0. The highest BCUT2D eigenvalue weighted by Gasteiger charge is 2.24. The van der Waals surface area contributed by atoms with Crippen molar-refractivity contribution in [2.45, 2.75) is 0 Å². The van der Waals surface area contributed by atoms with Gasteiger partial charge in [-0.1, -0.05) is 48.5 Å². The highest BCUT2D eigenvalue weighted by molar-refractivity contribution is 6.28. The van der Waals surface area contributed by atoms with Gasteiger partial charge in [0, 0.05) is 73.3 Å². The van der Waals surface area contributed by atoms with E-state index in [1.165, 1.54) is 48.5 Å². The lowest BCUT2D eigenvalue weighted by molar-refractivity contribution is 0.627. The first-order valence-electron chi connectivity index (χ1n) is 18.7. The van der Waals surface area contributed by atoms with E-state index in [2.05, 4.69) is 18.2 Å². The molecule has 0 N–H and O–H groups in total. The van der Waals surface area contributed by atoms with Crippen LogP contribution in [0.15, 0.2) is 179 Å². The van der Waals surface area contributed by atoms with Crippen LogP contribution < -0.4 is 9.80 Å². The topological polar surface area (TPSA) is 32.8 Å². The zero-order valence-corrected chi connectivity index (χ0v) is 30.4. The Morgan fingerprint density at radius 2 is 0.603 bits per heavy atom. The van der Waals surface area contributed by atoms with E-state index in [0.29, 0.717) is 45.1 Å². The second-order valence-electron chi connectivity index (χ2n) is 14.3. The molecule has 4 nitrogen and oxygen atoms in total. The summed E-state index contributed by atoms with van der Waals surface area (Å²) >= 11 is 0. The summed E-state index contributed by atoms with van der Waals surface area (Å²) in [6, 6.07) is 48.9. The van der Waals surface area contributed by atoms with Gasteiger partial charge in [-0.25, -0.2) is 17.6 Å². The molecular formula is C50H28F4N2O2. The molecule has 0 saturated carbocycles. The summed E-state index contributed by atoms with van der Waals surface area (Å²) in [6.45, 7) is 0. The van der Waals surface area contributed by atoms with Crippen LogP contribution in [0.5, 0.6) is 0 Å². The van der Waals surface area contributed by atoms with Crippen molar-refractivity contribution in [3.8, 4) is 0 Å². The van der Waals surface area contributed by atoms with E-state index in [1.54, 1.807) is 48.5 Å². The Balaban J connectivity index is 1.15. The fraction of sp³-hybridized carbons (Fsp3) is 0. The van der Waals surface area contributed by atoms with Crippen LogP contribution in [0, 0.1) is 23.3 Å². The third-order valence-corrected chi connectivity index (χ3v) is 10.9. The van der Waals surface area contributed by atoms with E-state index in [4.69, 9.17) is 8.83 Å². The number of hydrogen-bond acceptors (Lipinski definition) is 4. The van der Waals surface area contributed by atoms with Gasteiger partial charge in [-0.3, -0.25) is 0 Å². The summed E-state index contributed by atoms with van der Waals surface area (Å²) in [6.07, 6.45) is 0. The molecule has 0 aliphatic carbocycles. The van der Waals surface area contributed by atoms with Crippen LogP contribution in [0.2, 0.25) is 0 Å². The fourth-order valence-corrected chi connectivity index (χ4v) is 8.32. The van der Waals surface area contributed by atoms with Crippen molar-refractivity contribution in [1.82, 2.24) is 0 Å². The molecule has 0 atom stereocenters. The van der Waals surface area contributed by atoms with Gasteiger partial charge in [-0.05, 0) is 114 Å². The van der Waals surface area contributed by atoms with Crippen molar-refractivity contribution in [2.75, 3.05) is 9.80 Å². The Kier molecular flexibility index (Phi) is 7.56. The Morgan fingerprint density at radius 3 is 0.931 bits per heavy atom. The van der Waals surface area contributed by atoms with E-state index >= 15 is 0 Å². The largest absolute Gasteiger partial charge is 0.456 e. The normalized spacial score (nSPS) is 11.8. The summed E-state index contributed by atoms with van der Waals surface area (Å²) in [5.74, 6) is -1.45. The maximum Gasteiger partial charge on any atom is 0.139 e. The number of benzene rings is 9. The summed E-state index contributed by atoms with van der Waals surface area (Å²) in [5.41, 5.74) is 6.86. The lowest BCUT2D eigenvalue weighted by Crippen LogP contribution is -2.10. The average molecular weight is 765 g/mol. The Labute approximate surface area is 328 Å². The summed E-state index contributed by atoms with van der Waals surface area (Å²) in [4.78, 5) is 3.94. The summed E-state index contributed by atoms with van der Waals surface area (Å²) in [5, 5.41) is 7.35. The predicted molar refractivity (Wildman–Crippen MR) is 225 cm³/mol. The van der Waals surface area contributed by atoms with Crippen molar-refractivity contribution in [3.63, 3.8) is 0 Å². The number of halogens is 4. The molecule has 0 aliphatic rings. The third kappa shape index (κ3) is 5.37. The molecule has 2 aromatic heterocycles. The lowest BCUT2D eigenvalue weighted by Gasteiger charge is -2.27. The van der Waals surface area contributed by atoms with Gasteiger partial charge in [0.15, 0.2) is 0 Å². The number of rotatable bonds is 6. The average Bonchev–Trinajstić information content (AvgIpc) is 3.80. The number of furan rings is 2. The molecule has 11 aromatic rings. The lowest BCUT2D eigenvalue weighted by atomic mass is 9.98. The first-order chi connectivity index (χ1) is 28.4. The molecule has 58 heavy (non-hydrogen) atoms. The quantitative estimate of drug-likeness (QED) is 0.158. The Hall–Kier alpha value is -7.58. The SMILES string of the molecule is Fc1ccc(N(c2ccc(F)cc2)c2cc3oc4cc5oc6cc(N(c7ccc(F)cc7)c7ccc(F)cc7)c7ccccc7c6c5cc4c3c3ccccc23)cc1. The number of fused-ring (bicyclic) bond motifs is 10. The minimum absolute atomic E-state index is 0.362. The molecule has 0 fully saturated rings. The third-order valence-electron chi connectivity index (χ3n) is 10.9. The van der Waals surface area contributed by atoms with Crippen LogP contribution in [0.1, 0.15) is 0 Å². The second-order valence-corrected chi connectivity index (χ2v) is 14.3. The van der Waals surface area contributed by atoms with E-state index in [0.717, 1.165) is 54.5 Å². The molecule has 0 radical (unpaired) electrons. The van der Waals surface area contributed by atoms with E-state index in [9.17, 15) is 17.6 Å². The van der Waals surface area contributed by atoms with Gasteiger partial charge >= 0.3 is 0 Å². The highest BCUT2D eigenvalue weighted by Crippen LogP contribution is 2.48. The van der Waals surface area contributed by atoms with Crippen LogP contribution in [0.3, 0.4) is 0 Å². The Morgan fingerprint density at radius 1 is 0.293 bits per heavy atom. The maximum absolute atomic E-state index is 14.2. The number of nitrogens with zero attached hydrogens (tertiary/aromatic N) is 2. The number of hydrogen-bond donors (Lipinski definition) is 0. The molecule has 2 heterocycles. The first kappa shape index (κ1) is 33.7. The molecular weight excluding hydrogens is 737 g/mol. The van der Waals surface area contributed by atoms with Crippen LogP contribution in [-0.2, 0) is 0 Å². The smallest absolute Gasteiger partial charge is 0.139 e. The van der Waals surface area contributed by atoms with Crippen LogP contribution >= 0.6 is 0 Å². The molecule has 9 aromatic carbocycles. The fourth-order valence-electron chi connectivity index (χ4n) is 8.32. The molecule has 0 amide bonds. The monoisotopic (exact) mass is 764 g/mol. The van der Waals surface area contributed by atoms with Gasteiger partial charge in [0.1, 0.15) is 45.6 Å². The van der Waals surface area contributed by atoms with Crippen molar-refractivity contribution < 1.29 is 26.4 Å². The van der Waals surface area contributed by atoms with Gasteiger partial charge in [-0.2, -0.15) is 0 Å². The van der Waals surface area contributed by atoms with Crippen LogP contribution in [0.4, 0.5) is 51.7 Å². The minimum Gasteiger partial charge on any atom is -0.456 e. The van der Waals surface area contributed by atoms with Gasteiger partial charge in [0.05, 0.1) is 11.4 Å². The molecule has 0 saturated heterocycles. The molecule has 0 spiro atoms. The van der Waals surface area contributed by atoms with Crippen molar-refractivity contribution >= 4 is 99.5 Å². The standard InChI is InChI=1S/C50H28F4N2O2/c51-29-9-17-33(18-10-29)55(34-19-11-30(52)12-20-34)43-26-47-49(39-7-3-1-5-37(39)43)41-25-42-46(28-45(41)57-47)58-48-27-44(38-6-2-4-8-40(38)50(42)48)56(35-21-13-31(53)14-22-35)36-23-15-32(54)16-24-36/h1-28H. The van der Waals surface area contributed by atoms with E-state index in [1.807, 2.05) is 64.4 Å². The maximum atomic E-state index is 14.2. The second kappa shape index (κ2) is 13.0. The molecule has 0 bridgehead atoms. The van der Waals surface area contributed by atoms with Crippen LogP contribution in [-0.4, -0.2) is 0 Å². The van der Waals surface area contributed by atoms with Gasteiger partial charge in [-0.15, -0.1) is 0 Å². The van der Waals surface area contributed by atoms with Gasteiger partial charge in [0.25, 0.3) is 0 Å². The van der Waals surface area contributed by atoms with Crippen molar-refractivity contribution in [1.29, 1.82) is 0 Å². The van der Waals surface area contributed by atoms with Gasteiger partial charge in [0.2, 0.25) is 0 Å².